The summed E-state index contributed by atoms with van der Waals surface area (Å²) >= 11 is 0. The van der Waals surface area contributed by atoms with E-state index in [1.807, 2.05) is 0 Å². The second kappa shape index (κ2) is 12.9. The van der Waals surface area contributed by atoms with Gasteiger partial charge in [-0.3, -0.25) is 0 Å². The SMILES string of the molecule is CCCCCCN(c1c(F)c(F)c2c(F)c3c(F)c(F)c(F)c(F)c3c(F)c2c1F)c1c(F)c(F)c2c(F)c(F)c3c(F)c(F)c(F)c4c(F)c(F)c1c2c34. The van der Waals surface area contributed by atoms with Gasteiger partial charge in [-0.25, -0.2) is 79.0 Å². The van der Waals surface area contributed by atoms with Gasteiger partial charge in [0, 0.05) is 22.7 Å². The van der Waals surface area contributed by atoms with Crippen molar-refractivity contribution >= 4 is 65.2 Å². The van der Waals surface area contributed by atoms with E-state index in [0.29, 0.717) is 6.42 Å². The van der Waals surface area contributed by atoms with Crippen molar-refractivity contribution in [2.24, 2.45) is 0 Å². The summed E-state index contributed by atoms with van der Waals surface area (Å²) in [6.45, 7) is 0.450. The first-order valence-corrected chi connectivity index (χ1v) is 15.6. The molecule has 0 unspecified atom stereocenters. The van der Waals surface area contributed by atoms with E-state index in [2.05, 4.69) is 0 Å². The first-order chi connectivity index (χ1) is 25.8. The molecule has 7 aromatic carbocycles. The lowest BCUT2D eigenvalue weighted by molar-refractivity contribution is 0.414. The molecule has 0 fully saturated rings. The van der Waals surface area contributed by atoms with Crippen LogP contribution in [0, 0.1) is 105 Å². The minimum Gasteiger partial charge on any atom is -0.334 e. The molecule has 0 aliphatic heterocycles. The summed E-state index contributed by atoms with van der Waals surface area (Å²) < 4.78 is 277. The van der Waals surface area contributed by atoms with Crippen LogP contribution in [0.4, 0.5) is 90.4 Å². The molecule has 55 heavy (non-hydrogen) atoms. The van der Waals surface area contributed by atoms with Crippen molar-refractivity contribution in [3.8, 4) is 0 Å². The Labute approximate surface area is 293 Å². The van der Waals surface area contributed by atoms with Crippen molar-refractivity contribution in [3.05, 3.63) is 105 Å². The smallest absolute Gasteiger partial charge is 0.198 e. The monoisotopic (exact) mass is 801 g/mol. The molecule has 0 bridgehead atoms. The molecular formula is C36H13F18N. The molecule has 1 nitrogen and oxygen atoms in total. The van der Waals surface area contributed by atoms with Gasteiger partial charge in [0.2, 0.25) is 0 Å². The molecular weight excluding hydrogens is 788 g/mol. The standard InChI is InChI=1S/C36H13F18N/c1-2-3-4-5-6-55(36-29(49)15-14(27(47)34(36)54)17(37)12-13(18(15)38)25(45)32(52)31(51)24(12)44)35-16-8-7-9(19(39)20(40)11(8)26(46)33(35)53)22(42)30(50)23(43)10(7)21(41)28(16)48/h2-6H2,1H3. The lowest BCUT2D eigenvalue weighted by Crippen LogP contribution is -2.25. The van der Waals surface area contributed by atoms with Gasteiger partial charge in [-0.2, -0.15) is 0 Å². The van der Waals surface area contributed by atoms with E-state index in [-0.39, 0.29) is 17.7 Å². The van der Waals surface area contributed by atoms with Crippen LogP contribution in [-0.4, -0.2) is 6.54 Å². The van der Waals surface area contributed by atoms with Gasteiger partial charge in [-0.15, -0.1) is 0 Å². The Morgan fingerprint density at radius 3 is 0.964 bits per heavy atom. The zero-order chi connectivity index (χ0) is 40.4. The van der Waals surface area contributed by atoms with E-state index in [9.17, 15) is 30.7 Å². The van der Waals surface area contributed by atoms with E-state index in [4.69, 9.17) is 0 Å². The first kappa shape index (κ1) is 37.9. The van der Waals surface area contributed by atoms with Crippen LogP contribution in [0.2, 0.25) is 0 Å². The second-order valence-corrected chi connectivity index (χ2v) is 12.3. The molecule has 0 aromatic heterocycles. The number of hydrogen-bond acceptors (Lipinski definition) is 1. The second-order valence-electron chi connectivity index (χ2n) is 12.3. The van der Waals surface area contributed by atoms with Crippen molar-refractivity contribution in [2.75, 3.05) is 11.4 Å². The van der Waals surface area contributed by atoms with Crippen LogP contribution in [0.25, 0.3) is 53.9 Å². The van der Waals surface area contributed by atoms with Crippen LogP contribution in [-0.2, 0) is 0 Å². The maximum atomic E-state index is 16.6. The van der Waals surface area contributed by atoms with Crippen LogP contribution >= 0.6 is 0 Å². The van der Waals surface area contributed by atoms with E-state index < -0.39 is 183 Å². The predicted octanol–water partition coefficient (Wildman–Crippen LogP) is 13.1. The molecule has 0 saturated heterocycles. The number of unbranched alkanes of at least 4 members (excludes halogenated alkanes) is 3. The Morgan fingerprint density at radius 2 is 0.545 bits per heavy atom. The Morgan fingerprint density at radius 1 is 0.255 bits per heavy atom. The minimum atomic E-state index is -2.77. The average molecular weight is 801 g/mol. The number of halogens is 18. The Hall–Kier alpha value is -5.36. The lowest BCUT2D eigenvalue weighted by atomic mass is 9.90. The number of fused-ring (bicyclic) bond motifs is 2. The van der Waals surface area contributed by atoms with Gasteiger partial charge in [-0.05, 0) is 6.42 Å². The zero-order valence-corrected chi connectivity index (χ0v) is 26.8. The third kappa shape index (κ3) is 4.79. The van der Waals surface area contributed by atoms with Crippen LogP contribution in [0.1, 0.15) is 32.6 Å². The minimum absolute atomic E-state index is 0.0302. The van der Waals surface area contributed by atoms with E-state index in [1.54, 1.807) is 6.92 Å². The molecule has 0 N–H and O–H groups in total. The van der Waals surface area contributed by atoms with E-state index >= 15 is 48.3 Å². The molecule has 288 valence electrons. The fourth-order valence-corrected chi connectivity index (χ4v) is 6.98. The fraction of sp³-hybridized carbons (Fsp3) is 0.167. The van der Waals surface area contributed by atoms with Gasteiger partial charge in [0.25, 0.3) is 0 Å². The lowest BCUT2D eigenvalue weighted by Gasteiger charge is -2.30. The number of hydrogen-bond donors (Lipinski definition) is 0. The summed E-state index contributed by atoms with van der Waals surface area (Å²) in [5, 5.41) is -19.8. The van der Waals surface area contributed by atoms with Crippen molar-refractivity contribution in [2.45, 2.75) is 32.6 Å². The number of rotatable bonds is 7. The third-order valence-corrected chi connectivity index (χ3v) is 9.41. The summed E-state index contributed by atoms with van der Waals surface area (Å²) in [7, 11) is 0. The van der Waals surface area contributed by atoms with Crippen molar-refractivity contribution in [1.29, 1.82) is 0 Å². The largest absolute Gasteiger partial charge is 0.334 e. The molecule has 0 aliphatic rings. The molecule has 7 aromatic rings. The van der Waals surface area contributed by atoms with Gasteiger partial charge in [0.15, 0.2) is 93.1 Å². The number of benzene rings is 7. The zero-order valence-electron chi connectivity index (χ0n) is 26.8. The predicted molar refractivity (Wildman–Crippen MR) is 162 cm³/mol. The van der Waals surface area contributed by atoms with Crippen molar-refractivity contribution in [3.63, 3.8) is 0 Å². The third-order valence-electron chi connectivity index (χ3n) is 9.41. The fourth-order valence-electron chi connectivity index (χ4n) is 6.98. The topological polar surface area (TPSA) is 3.24 Å². The molecule has 7 rings (SSSR count). The van der Waals surface area contributed by atoms with E-state index in [0.717, 1.165) is 0 Å². The van der Waals surface area contributed by atoms with Gasteiger partial charge in [0.05, 0.1) is 43.4 Å². The molecule has 19 heteroatoms. The van der Waals surface area contributed by atoms with Gasteiger partial charge < -0.3 is 4.90 Å². The highest BCUT2D eigenvalue weighted by molar-refractivity contribution is 6.26. The molecule has 0 saturated carbocycles. The summed E-state index contributed by atoms with van der Waals surface area (Å²) in [6, 6.07) is 0. The van der Waals surface area contributed by atoms with Crippen molar-refractivity contribution < 1.29 is 79.0 Å². The molecule has 0 radical (unpaired) electrons. The highest BCUT2D eigenvalue weighted by Crippen LogP contribution is 2.51. The quantitative estimate of drug-likeness (QED) is 0.0388. The summed E-state index contributed by atoms with van der Waals surface area (Å²) in [5.74, 6) is -47.6. The molecule has 0 aliphatic carbocycles. The highest BCUT2D eigenvalue weighted by Gasteiger charge is 2.39. The highest BCUT2D eigenvalue weighted by atomic mass is 19.2. The molecule has 0 amide bonds. The number of anilines is 2. The summed E-state index contributed by atoms with van der Waals surface area (Å²) in [5.41, 5.74) is -4.10. The summed E-state index contributed by atoms with van der Waals surface area (Å²) in [4.78, 5) is -0.249. The Balaban J connectivity index is 1.72. The maximum absolute atomic E-state index is 16.6. The first-order valence-electron chi connectivity index (χ1n) is 15.6. The Bertz CT molecular complexity index is 2830. The van der Waals surface area contributed by atoms with Crippen LogP contribution in [0.15, 0.2) is 0 Å². The number of nitrogens with zero attached hydrogens (tertiary/aromatic N) is 1. The maximum Gasteiger partial charge on any atom is 0.198 e. The van der Waals surface area contributed by atoms with Crippen LogP contribution in [0.5, 0.6) is 0 Å². The Kier molecular flexibility index (Phi) is 8.87. The van der Waals surface area contributed by atoms with Gasteiger partial charge in [0.1, 0.15) is 17.3 Å². The van der Waals surface area contributed by atoms with Gasteiger partial charge in [-0.1, -0.05) is 26.2 Å². The normalized spacial score (nSPS) is 12.3. The van der Waals surface area contributed by atoms with Crippen LogP contribution < -0.4 is 4.90 Å². The molecule has 0 spiro atoms. The average Bonchev–Trinajstić information content (AvgIpc) is 3.14. The molecule has 0 atom stereocenters. The summed E-state index contributed by atoms with van der Waals surface area (Å²) in [6.07, 6.45) is 0.147. The van der Waals surface area contributed by atoms with E-state index in [1.165, 1.54) is 0 Å². The van der Waals surface area contributed by atoms with Crippen molar-refractivity contribution in [1.82, 2.24) is 0 Å². The van der Waals surface area contributed by atoms with Crippen LogP contribution in [0.3, 0.4) is 0 Å². The van der Waals surface area contributed by atoms with Gasteiger partial charge >= 0.3 is 0 Å². The molecule has 0 heterocycles.